The molecule has 1 aliphatic heterocycles. The van der Waals surface area contributed by atoms with Crippen LogP contribution < -0.4 is 10.1 Å². The van der Waals surface area contributed by atoms with Crippen molar-refractivity contribution in [2.75, 3.05) is 11.1 Å². The van der Waals surface area contributed by atoms with E-state index >= 15 is 0 Å². The van der Waals surface area contributed by atoms with E-state index in [1.165, 1.54) is 0 Å². The fraction of sp³-hybridized carbons (Fsp3) is 0.154. The molecule has 1 aliphatic rings. The first-order chi connectivity index (χ1) is 15.6. The Morgan fingerprint density at radius 2 is 1.62 bits per heavy atom. The van der Waals surface area contributed by atoms with E-state index in [0.717, 1.165) is 45.4 Å². The number of aryl methyl sites for hydroxylation is 2. The minimum Gasteiger partial charge on any atom is -0.457 e. The molecule has 160 valence electrons. The molecule has 0 radical (unpaired) electrons. The van der Waals surface area contributed by atoms with Gasteiger partial charge in [0.2, 0.25) is 5.91 Å². The van der Waals surface area contributed by atoms with Gasteiger partial charge in [0, 0.05) is 5.56 Å². The van der Waals surface area contributed by atoms with Gasteiger partial charge in [-0.3, -0.25) is 4.79 Å². The van der Waals surface area contributed by atoms with Gasteiger partial charge in [-0.25, -0.2) is 4.68 Å². The van der Waals surface area contributed by atoms with E-state index in [0.29, 0.717) is 5.75 Å². The zero-order valence-electron chi connectivity index (χ0n) is 17.9. The first-order valence-corrected chi connectivity index (χ1v) is 11.5. The van der Waals surface area contributed by atoms with E-state index in [1.807, 2.05) is 72.3 Å². The van der Waals surface area contributed by atoms with Gasteiger partial charge in [0.25, 0.3) is 0 Å². The highest BCUT2D eigenvalue weighted by atomic mass is 32.2. The summed E-state index contributed by atoms with van der Waals surface area (Å²) in [5.74, 6) is 2.70. The summed E-state index contributed by atoms with van der Waals surface area (Å²) in [5.41, 5.74) is 5.13. The fourth-order valence-electron chi connectivity index (χ4n) is 3.96. The van der Waals surface area contributed by atoms with Crippen molar-refractivity contribution < 1.29 is 9.53 Å². The van der Waals surface area contributed by atoms with Crippen molar-refractivity contribution in [2.45, 2.75) is 19.1 Å². The molecule has 5 rings (SSSR count). The molecule has 1 amide bonds. The van der Waals surface area contributed by atoms with Gasteiger partial charge in [0.1, 0.15) is 17.3 Å². The largest absolute Gasteiger partial charge is 0.457 e. The maximum atomic E-state index is 12.6. The van der Waals surface area contributed by atoms with Crippen molar-refractivity contribution in [1.29, 1.82) is 0 Å². The molecule has 0 fully saturated rings. The molecule has 1 aromatic heterocycles. The van der Waals surface area contributed by atoms with E-state index in [-0.39, 0.29) is 11.2 Å². The molecule has 0 saturated heterocycles. The van der Waals surface area contributed by atoms with Gasteiger partial charge in [0.05, 0.1) is 22.4 Å². The number of benzene rings is 3. The van der Waals surface area contributed by atoms with Crippen LogP contribution in [-0.2, 0) is 4.79 Å². The topological polar surface area (TPSA) is 56.2 Å². The van der Waals surface area contributed by atoms with Crippen LogP contribution in [0.15, 0.2) is 78.9 Å². The predicted octanol–water partition coefficient (Wildman–Crippen LogP) is 6.06. The minimum absolute atomic E-state index is 0.00695. The molecule has 0 aliphatic carbocycles. The van der Waals surface area contributed by atoms with E-state index in [2.05, 4.69) is 30.4 Å². The summed E-state index contributed by atoms with van der Waals surface area (Å²) in [6.45, 7) is 4.06. The number of carbonyl (C=O) groups excluding carboxylic acids is 1. The highest BCUT2D eigenvalue weighted by molar-refractivity contribution is 8.00. The molecule has 0 bridgehead atoms. The highest BCUT2D eigenvalue weighted by Crippen LogP contribution is 2.44. The van der Waals surface area contributed by atoms with Crippen molar-refractivity contribution >= 4 is 23.5 Å². The van der Waals surface area contributed by atoms with Crippen molar-refractivity contribution in [1.82, 2.24) is 9.78 Å². The maximum Gasteiger partial charge on any atom is 0.235 e. The van der Waals surface area contributed by atoms with Gasteiger partial charge in [-0.1, -0.05) is 48.5 Å². The molecule has 2 heterocycles. The number of fused-ring (bicyclic) bond motifs is 1. The lowest BCUT2D eigenvalue weighted by molar-refractivity contribution is -0.113. The number of para-hydroxylation sites is 2. The van der Waals surface area contributed by atoms with Crippen LogP contribution in [0.1, 0.15) is 27.6 Å². The van der Waals surface area contributed by atoms with Crippen LogP contribution in [-0.4, -0.2) is 21.4 Å². The Bertz CT molecular complexity index is 1270. The lowest BCUT2D eigenvalue weighted by atomic mass is 10.0. The van der Waals surface area contributed by atoms with Crippen LogP contribution in [0.4, 0.5) is 5.82 Å². The quantitative estimate of drug-likeness (QED) is 0.418. The smallest absolute Gasteiger partial charge is 0.235 e. The summed E-state index contributed by atoms with van der Waals surface area (Å²) in [5, 5.41) is 7.90. The Hall–Kier alpha value is -3.51. The number of ether oxygens (including phenoxy) is 1. The summed E-state index contributed by atoms with van der Waals surface area (Å²) >= 11 is 1.62. The summed E-state index contributed by atoms with van der Waals surface area (Å²) in [4.78, 5) is 12.6. The van der Waals surface area contributed by atoms with Crippen LogP contribution in [0.2, 0.25) is 0 Å². The number of nitrogens with one attached hydrogen (secondary N) is 1. The second-order valence-corrected chi connectivity index (χ2v) is 8.86. The van der Waals surface area contributed by atoms with Crippen LogP contribution in [0.3, 0.4) is 0 Å². The lowest BCUT2D eigenvalue weighted by Crippen LogP contribution is -2.16. The summed E-state index contributed by atoms with van der Waals surface area (Å²) < 4.78 is 7.81. The molecule has 1 N–H and O–H groups in total. The number of amides is 1. The average Bonchev–Trinajstić information content (AvgIpc) is 3.00. The van der Waals surface area contributed by atoms with Crippen LogP contribution in [0.25, 0.3) is 5.69 Å². The molecule has 5 nitrogen and oxygen atoms in total. The molecule has 1 atom stereocenters. The summed E-state index contributed by atoms with van der Waals surface area (Å²) in [6.07, 6.45) is 0. The van der Waals surface area contributed by atoms with E-state index in [1.54, 1.807) is 11.8 Å². The van der Waals surface area contributed by atoms with Gasteiger partial charge in [-0.2, -0.15) is 5.10 Å². The van der Waals surface area contributed by atoms with Gasteiger partial charge >= 0.3 is 0 Å². The Kier molecular flexibility index (Phi) is 5.45. The first kappa shape index (κ1) is 20.4. The van der Waals surface area contributed by atoms with E-state index in [9.17, 15) is 4.79 Å². The molecular weight excluding hydrogens is 418 g/mol. The standard InChI is InChI=1S/C26H23N3O2S/c1-17-8-6-7-11-22(17)29-26-24(18(2)28-29)25(32-16-23(30)27-26)19-12-14-21(15-13-19)31-20-9-4-3-5-10-20/h3-15,25H,16H2,1-2H3,(H,27,30)/t25-/m0/s1. The monoisotopic (exact) mass is 441 g/mol. The van der Waals surface area contributed by atoms with Gasteiger partial charge < -0.3 is 10.1 Å². The van der Waals surface area contributed by atoms with E-state index in [4.69, 9.17) is 9.84 Å². The molecule has 32 heavy (non-hydrogen) atoms. The Labute approximate surface area is 191 Å². The van der Waals surface area contributed by atoms with Gasteiger partial charge in [-0.15, -0.1) is 11.8 Å². The zero-order chi connectivity index (χ0) is 22.1. The van der Waals surface area contributed by atoms with Crippen molar-refractivity contribution in [3.05, 3.63) is 101 Å². The molecule has 0 spiro atoms. The third-order valence-electron chi connectivity index (χ3n) is 5.51. The van der Waals surface area contributed by atoms with Crippen LogP contribution >= 0.6 is 11.8 Å². The molecular formula is C26H23N3O2S. The van der Waals surface area contributed by atoms with E-state index < -0.39 is 0 Å². The Balaban J connectivity index is 1.53. The fourth-order valence-corrected chi connectivity index (χ4v) is 5.15. The molecule has 0 saturated carbocycles. The SMILES string of the molecule is Cc1ccccc1-n1nc(C)c2c1NC(=O)CS[C@H]2c1ccc(Oc2ccccc2)cc1. The maximum absolute atomic E-state index is 12.6. The molecule has 0 unspecified atom stereocenters. The number of aromatic nitrogens is 2. The normalized spacial score (nSPS) is 15.6. The summed E-state index contributed by atoms with van der Waals surface area (Å²) in [6, 6.07) is 25.9. The van der Waals surface area contributed by atoms with Crippen molar-refractivity contribution in [3.63, 3.8) is 0 Å². The average molecular weight is 442 g/mol. The Morgan fingerprint density at radius 1 is 0.938 bits per heavy atom. The first-order valence-electron chi connectivity index (χ1n) is 10.5. The summed E-state index contributed by atoms with van der Waals surface area (Å²) in [7, 11) is 0. The third kappa shape index (κ3) is 3.89. The van der Waals surface area contributed by atoms with Gasteiger partial charge in [-0.05, 0) is 55.3 Å². The van der Waals surface area contributed by atoms with Gasteiger partial charge in [0.15, 0.2) is 0 Å². The number of rotatable bonds is 4. The molecule has 4 aromatic rings. The lowest BCUT2D eigenvalue weighted by Gasteiger charge is -2.16. The Morgan fingerprint density at radius 3 is 2.38 bits per heavy atom. The second kappa shape index (κ2) is 8.55. The zero-order valence-corrected chi connectivity index (χ0v) is 18.7. The van der Waals surface area contributed by atoms with Crippen molar-refractivity contribution in [3.8, 4) is 17.2 Å². The molecule has 3 aromatic carbocycles. The third-order valence-corrected chi connectivity index (χ3v) is 6.78. The number of hydrogen-bond acceptors (Lipinski definition) is 4. The second-order valence-electron chi connectivity index (χ2n) is 7.77. The van der Waals surface area contributed by atoms with Crippen molar-refractivity contribution in [2.24, 2.45) is 0 Å². The number of anilines is 1. The highest BCUT2D eigenvalue weighted by Gasteiger charge is 2.30. The predicted molar refractivity (Wildman–Crippen MR) is 129 cm³/mol. The number of carbonyl (C=O) groups is 1. The number of thioether (sulfide) groups is 1. The molecule has 6 heteroatoms. The van der Waals surface area contributed by atoms with Crippen LogP contribution in [0, 0.1) is 13.8 Å². The van der Waals surface area contributed by atoms with Crippen LogP contribution in [0.5, 0.6) is 11.5 Å². The number of hydrogen-bond donors (Lipinski definition) is 1. The number of nitrogens with zero attached hydrogens (tertiary/aromatic N) is 2. The minimum atomic E-state index is -0.0162.